The Hall–Kier alpha value is -3.50. The fourth-order valence-corrected chi connectivity index (χ4v) is 5.76. The van der Waals surface area contributed by atoms with Gasteiger partial charge in [0.1, 0.15) is 6.10 Å². The van der Waals surface area contributed by atoms with Crippen LogP contribution in [-0.4, -0.2) is 41.2 Å². The average Bonchev–Trinajstić information content (AvgIpc) is 3.13. The number of amides is 1. The molecule has 6 atom stereocenters. The third kappa shape index (κ3) is 4.46. The normalized spacial score (nSPS) is 29.9. The van der Waals surface area contributed by atoms with E-state index in [1.54, 1.807) is 12.3 Å². The molecule has 35 heavy (non-hydrogen) atoms. The highest BCUT2D eigenvalue weighted by atomic mass is 16.6. The molecule has 4 rings (SSSR count). The van der Waals surface area contributed by atoms with Crippen LogP contribution in [0, 0.1) is 40.4 Å². The summed E-state index contributed by atoms with van der Waals surface area (Å²) in [4.78, 5) is 30.8. The Morgan fingerprint density at radius 3 is 2.77 bits per heavy atom. The number of hydrogen-bond donors (Lipinski definition) is 2. The zero-order valence-corrected chi connectivity index (χ0v) is 20.3. The van der Waals surface area contributed by atoms with Gasteiger partial charge in [-0.05, 0) is 60.9 Å². The smallest absolute Gasteiger partial charge is 0.322 e. The van der Waals surface area contributed by atoms with E-state index in [9.17, 15) is 14.7 Å². The van der Waals surface area contributed by atoms with E-state index in [-0.39, 0.29) is 42.7 Å². The summed E-state index contributed by atoms with van der Waals surface area (Å²) in [6.45, 7) is 6.00. The topological polar surface area (TPSA) is 112 Å². The number of fused-ring (bicyclic) bond motifs is 1. The second-order valence-electron chi connectivity index (χ2n) is 9.73. The lowest BCUT2D eigenvalue weighted by Gasteiger charge is -2.46. The van der Waals surface area contributed by atoms with Crippen LogP contribution in [0.4, 0.5) is 0 Å². The predicted molar refractivity (Wildman–Crippen MR) is 131 cm³/mol. The van der Waals surface area contributed by atoms with Gasteiger partial charge in [-0.25, -0.2) is 0 Å². The molecule has 0 bridgehead atoms. The van der Waals surface area contributed by atoms with Gasteiger partial charge in [0, 0.05) is 24.2 Å². The standard InChI is InChI=1S/C28H31N3O4/c1-17-14-28(26(33)30-11-12-32)25(19(3)35-27(28)34)24(18(17)2)10-9-23-8-7-22(16-31-23)21-6-4-5-20(13-21)15-29/h4-10,13,16-19,24-25,32H,11-12,14H2,1-3H3,(H,30,33)/b10-9+/t17?,18?,19?,24?,25?,28-/m1/s1. The molecule has 182 valence electrons. The summed E-state index contributed by atoms with van der Waals surface area (Å²) in [5, 5.41) is 21.1. The molecule has 2 aliphatic rings. The number of carbonyl (C=O) groups is 2. The van der Waals surface area contributed by atoms with E-state index < -0.39 is 17.5 Å². The molecule has 2 aromatic rings. The molecule has 7 nitrogen and oxygen atoms in total. The molecule has 1 saturated carbocycles. The fourth-order valence-electron chi connectivity index (χ4n) is 5.76. The molecule has 1 aromatic heterocycles. The summed E-state index contributed by atoms with van der Waals surface area (Å²) >= 11 is 0. The number of nitrogens with zero attached hydrogens (tertiary/aromatic N) is 2. The second-order valence-corrected chi connectivity index (χ2v) is 9.73. The molecular weight excluding hydrogens is 442 g/mol. The molecule has 2 heterocycles. The van der Waals surface area contributed by atoms with Gasteiger partial charge < -0.3 is 15.2 Å². The van der Waals surface area contributed by atoms with Gasteiger partial charge in [0.25, 0.3) is 0 Å². The number of cyclic esters (lactones) is 1. The Morgan fingerprint density at radius 2 is 2.09 bits per heavy atom. The minimum Gasteiger partial charge on any atom is -0.461 e. The lowest BCUT2D eigenvalue weighted by molar-refractivity contribution is -0.157. The van der Waals surface area contributed by atoms with Crippen molar-refractivity contribution >= 4 is 18.0 Å². The average molecular weight is 474 g/mol. The number of esters is 1. The van der Waals surface area contributed by atoms with Crippen molar-refractivity contribution in [2.45, 2.75) is 33.3 Å². The Kier molecular flexibility index (Phi) is 7.04. The van der Waals surface area contributed by atoms with Crippen LogP contribution in [-0.2, 0) is 14.3 Å². The maximum Gasteiger partial charge on any atom is 0.322 e. The summed E-state index contributed by atoms with van der Waals surface area (Å²) in [7, 11) is 0. The number of carbonyl (C=O) groups excluding carboxylic acids is 2. The number of rotatable bonds is 6. The monoisotopic (exact) mass is 473 g/mol. The Morgan fingerprint density at radius 1 is 1.29 bits per heavy atom. The first-order valence-electron chi connectivity index (χ1n) is 12.1. The summed E-state index contributed by atoms with van der Waals surface area (Å²) < 4.78 is 5.64. The molecule has 1 aliphatic heterocycles. The molecular formula is C28H31N3O4. The first-order valence-corrected chi connectivity index (χ1v) is 12.1. The van der Waals surface area contributed by atoms with Crippen LogP contribution < -0.4 is 5.32 Å². The maximum atomic E-state index is 13.2. The molecule has 1 aromatic carbocycles. The van der Waals surface area contributed by atoms with Crippen LogP contribution in [0.2, 0.25) is 0 Å². The van der Waals surface area contributed by atoms with Gasteiger partial charge in [0.15, 0.2) is 5.41 Å². The van der Waals surface area contributed by atoms with Gasteiger partial charge in [-0.15, -0.1) is 0 Å². The zero-order chi connectivity index (χ0) is 25.2. The molecule has 7 heteroatoms. The van der Waals surface area contributed by atoms with Crippen LogP contribution >= 0.6 is 0 Å². The van der Waals surface area contributed by atoms with Crippen LogP contribution in [0.1, 0.15) is 38.4 Å². The number of aliphatic hydroxyl groups is 1. The van der Waals surface area contributed by atoms with Crippen molar-refractivity contribution in [3.63, 3.8) is 0 Å². The highest BCUT2D eigenvalue weighted by molar-refractivity contribution is 6.04. The molecule has 1 aliphatic carbocycles. The van der Waals surface area contributed by atoms with E-state index in [1.165, 1.54) is 0 Å². The van der Waals surface area contributed by atoms with Crippen molar-refractivity contribution in [2.24, 2.45) is 29.1 Å². The molecule has 1 saturated heterocycles. The van der Waals surface area contributed by atoms with Crippen LogP contribution in [0.25, 0.3) is 17.2 Å². The molecule has 2 fully saturated rings. The summed E-state index contributed by atoms with van der Waals surface area (Å²) in [6.07, 6.45) is 5.82. The SMILES string of the molecule is CC1C[C@@]2(C(=O)NCCO)C(=O)OC(C)C2C(/C=C/c2ccc(-c3cccc(C#N)c3)cn2)C1C. The van der Waals surface area contributed by atoms with Crippen LogP contribution in [0.5, 0.6) is 0 Å². The van der Waals surface area contributed by atoms with Gasteiger partial charge in [-0.3, -0.25) is 14.6 Å². The van der Waals surface area contributed by atoms with Crippen molar-refractivity contribution in [2.75, 3.05) is 13.2 Å². The van der Waals surface area contributed by atoms with Gasteiger partial charge >= 0.3 is 5.97 Å². The lowest BCUT2D eigenvalue weighted by Crippen LogP contribution is -2.56. The number of nitriles is 1. The summed E-state index contributed by atoms with van der Waals surface area (Å²) in [6, 6.07) is 13.4. The third-order valence-corrected chi connectivity index (χ3v) is 7.70. The van der Waals surface area contributed by atoms with Crippen molar-refractivity contribution in [1.29, 1.82) is 5.26 Å². The quantitative estimate of drug-likeness (QED) is 0.490. The van der Waals surface area contributed by atoms with E-state index in [2.05, 4.69) is 36.3 Å². The Bertz CT molecular complexity index is 1170. The van der Waals surface area contributed by atoms with E-state index >= 15 is 0 Å². The highest BCUT2D eigenvalue weighted by Crippen LogP contribution is 2.56. The molecule has 1 amide bonds. The zero-order valence-electron chi connectivity index (χ0n) is 20.3. The second kappa shape index (κ2) is 10.0. The van der Waals surface area contributed by atoms with E-state index in [1.807, 2.05) is 43.3 Å². The lowest BCUT2D eigenvalue weighted by atomic mass is 9.54. The number of hydrogen-bond acceptors (Lipinski definition) is 6. The third-order valence-electron chi connectivity index (χ3n) is 7.70. The van der Waals surface area contributed by atoms with E-state index in [4.69, 9.17) is 10.00 Å². The van der Waals surface area contributed by atoms with Gasteiger partial charge in [-0.2, -0.15) is 5.26 Å². The largest absolute Gasteiger partial charge is 0.461 e. The Balaban J connectivity index is 1.62. The number of aromatic nitrogens is 1. The van der Waals surface area contributed by atoms with Gasteiger partial charge in [0.05, 0.1) is 23.9 Å². The van der Waals surface area contributed by atoms with Crippen molar-refractivity contribution < 1.29 is 19.4 Å². The fraction of sp³-hybridized carbons (Fsp3) is 0.429. The predicted octanol–water partition coefficient (Wildman–Crippen LogP) is 3.58. The number of nitrogens with one attached hydrogen (secondary N) is 1. The highest BCUT2D eigenvalue weighted by Gasteiger charge is 2.66. The number of allylic oxidation sites excluding steroid dienone is 1. The van der Waals surface area contributed by atoms with Gasteiger partial charge in [-0.1, -0.05) is 38.1 Å². The van der Waals surface area contributed by atoms with E-state index in [0.717, 1.165) is 16.8 Å². The molecule has 2 N–H and O–H groups in total. The molecule has 0 spiro atoms. The number of ether oxygens (including phenoxy) is 1. The van der Waals surface area contributed by atoms with Crippen molar-refractivity contribution in [3.8, 4) is 17.2 Å². The first kappa shape index (κ1) is 24.6. The number of benzene rings is 1. The summed E-state index contributed by atoms with van der Waals surface area (Å²) in [5.74, 6) is -0.825. The van der Waals surface area contributed by atoms with Crippen LogP contribution in [0.3, 0.4) is 0 Å². The van der Waals surface area contributed by atoms with E-state index in [0.29, 0.717) is 12.0 Å². The van der Waals surface area contributed by atoms with Gasteiger partial charge in [0.2, 0.25) is 5.91 Å². The number of aliphatic hydroxyl groups excluding tert-OH is 1. The first-order chi connectivity index (χ1) is 16.8. The molecule has 0 radical (unpaired) electrons. The van der Waals surface area contributed by atoms with Crippen LogP contribution in [0.15, 0.2) is 48.7 Å². The minimum absolute atomic E-state index is 0.0612. The van der Waals surface area contributed by atoms with Crippen molar-refractivity contribution in [1.82, 2.24) is 10.3 Å². The molecule has 5 unspecified atom stereocenters. The maximum absolute atomic E-state index is 13.2. The minimum atomic E-state index is -1.25. The number of pyridine rings is 1. The Labute approximate surface area is 205 Å². The van der Waals surface area contributed by atoms with Crippen molar-refractivity contribution in [3.05, 3.63) is 59.9 Å². The summed E-state index contributed by atoms with van der Waals surface area (Å²) in [5.41, 5.74) is 1.96.